The Bertz CT molecular complexity index is 8800. The lowest BCUT2D eigenvalue weighted by Crippen LogP contribution is -2.28. The molecule has 12 heteroatoms. The Morgan fingerprint density at radius 1 is 0.196 bits per heavy atom. The fraction of sp³-hybridized carbons (Fsp3) is 0.0238. The minimum absolute atomic E-state index is 0.447. The van der Waals surface area contributed by atoms with Crippen LogP contribution in [0.3, 0.4) is 0 Å². The predicted molar refractivity (Wildman–Crippen MR) is 556 cm³/mol. The van der Waals surface area contributed by atoms with E-state index in [0.29, 0.717) is 17.6 Å². The van der Waals surface area contributed by atoms with Gasteiger partial charge in [-0.15, -0.1) is 0 Å². The van der Waals surface area contributed by atoms with Gasteiger partial charge in [-0.1, -0.05) is 340 Å². The lowest BCUT2D eigenvalue weighted by Gasteiger charge is -2.33. The summed E-state index contributed by atoms with van der Waals surface area (Å²) < 4.78 is 6.78. The smallest absolute Gasteiger partial charge is 0.238 e. The normalized spacial score (nSPS) is 13.1. The summed E-state index contributed by atoms with van der Waals surface area (Å²) in [7, 11) is 0. The molecule has 138 heavy (non-hydrogen) atoms. The Morgan fingerprint density at radius 2 is 0.543 bits per heavy atom. The van der Waals surface area contributed by atoms with Crippen molar-refractivity contribution in [1.29, 1.82) is 0 Å². The van der Waals surface area contributed by atoms with Gasteiger partial charge in [-0.25, -0.2) is 9.97 Å². The molecule has 28 rings (SSSR count). The zero-order valence-electron chi connectivity index (χ0n) is 74.7. The Kier molecular flexibility index (Phi) is 19.3. The minimum Gasteiger partial charge on any atom is -0.308 e. The molecule has 0 amide bonds. The maximum absolute atomic E-state index is 5.15. The first-order valence-electron chi connectivity index (χ1n) is 46.7. The molecular formula is C126H82N12. The van der Waals surface area contributed by atoms with Crippen molar-refractivity contribution in [3.63, 3.8) is 0 Å². The third-order valence-electron chi connectivity index (χ3n) is 28.2. The van der Waals surface area contributed by atoms with Gasteiger partial charge in [0.05, 0.1) is 71.6 Å². The summed E-state index contributed by atoms with van der Waals surface area (Å²) in [6.45, 7) is 0. The van der Waals surface area contributed by atoms with Crippen LogP contribution in [0.4, 0.5) is 0 Å². The van der Waals surface area contributed by atoms with E-state index >= 15 is 0 Å². The maximum Gasteiger partial charge on any atom is 0.238 e. The summed E-state index contributed by atoms with van der Waals surface area (Å²) >= 11 is 0. The van der Waals surface area contributed by atoms with E-state index < -0.39 is 16.2 Å². The summed E-state index contributed by atoms with van der Waals surface area (Å²) in [4.78, 5) is 43.8. The zero-order chi connectivity index (χ0) is 91.3. The van der Waals surface area contributed by atoms with Crippen LogP contribution >= 0.6 is 0 Å². The predicted octanol–water partition coefficient (Wildman–Crippen LogP) is 28.7. The van der Waals surface area contributed by atoms with Crippen molar-refractivity contribution >= 4 is 65.8 Å². The number of aromatic nitrogens is 12. The highest BCUT2D eigenvalue weighted by Crippen LogP contribution is 2.62. The van der Waals surface area contributed by atoms with Crippen molar-refractivity contribution in [1.82, 2.24) is 58.6 Å². The van der Waals surface area contributed by atoms with Crippen LogP contribution in [0, 0.1) is 0 Å². The van der Waals surface area contributed by atoms with Gasteiger partial charge in [0.15, 0.2) is 11.6 Å². The molecule has 0 radical (unpaired) electrons. The van der Waals surface area contributed by atoms with Crippen molar-refractivity contribution in [2.45, 2.75) is 16.2 Å². The van der Waals surface area contributed by atoms with Gasteiger partial charge in [-0.2, -0.15) is 9.97 Å². The molecule has 0 aliphatic heterocycles. The molecule has 12 nitrogen and oxygen atoms in total. The third kappa shape index (κ3) is 12.6. The molecule has 0 bridgehead atoms. The first kappa shape index (κ1) is 80.5. The highest BCUT2D eigenvalue weighted by atomic mass is 15.2. The fourth-order valence-electron chi connectivity index (χ4n) is 22.5. The fourth-order valence-corrected chi connectivity index (χ4v) is 22.5. The van der Waals surface area contributed by atoms with E-state index in [1.807, 2.05) is 134 Å². The average molecular weight is 1760 g/mol. The third-order valence-corrected chi connectivity index (χ3v) is 28.2. The Morgan fingerprint density at radius 3 is 0.942 bits per heavy atom. The molecule has 15 aromatic carbocycles. The molecular weight excluding hydrogens is 1680 g/mol. The Labute approximate surface area is 796 Å². The van der Waals surface area contributed by atoms with Crippen LogP contribution in [0.15, 0.2) is 498 Å². The largest absolute Gasteiger partial charge is 0.308 e. The average Bonchev–Trinajstić information content (AvgIpc) is 1.53. The molecule has 10 heterocycles. The van der Waals surface area contributed by atoms with E-state index in [4.69, 9.17) is 34.9 Å². The molecule has 0 saturated carbocycles. The summed E-state index contributed by atoms with van der Waals surface area (Å²) in [6.07, 6.45) is 13.0. The zero-order valence-corrected chi connectivity index (χ0v) is 74.7. The van der Waals surface area contributed by atoms with Crippen molar-refractivity contribution in [2.24, 2.45) is 0 Å². The second kappa shape index (κ2) is 33.1. The number of fused-ring (bicyclic) bond motifs is 18. The molecule has 0 N–H and O–H groups in total. The topological polar surface area (TPSA) is 131 Å². The van der Waals surface area contributed by atoms with Gasteiger partial charge in [0, 0.05) is 81.9 Å². The van der Waals surface area contributed by atoms with Gasteiger partial charge in [-0.3, -0.25) is 34.1 Å². The van der Waals surface area contributed by atoms with Crippen LogP contribution in [0.25, 0.3) is 162 Å². The van der Waals surface area contributed by atoms with Gasteiger partial charge in [0.1, 0.15) is 5.82 Å². The van der Waals surface area contributed by atoms with Crippen LogP contribution < -0.4 is 0 Å². The van der Waals surface area contributed by atoms with Crippen molar-refractivity contribution in [3.05, 3.63) is 565 Å². The van der Waals surface area contributed by atoms with Gasteiger partial charge in [0.2, 0.25) is 5.95 Å². The second-order valence-corrected chi connectivity index (χ2v) is 35.4. The van der Waals surface area contributed by atoms with Crippen LogP contribution in [-0.4, -0.2) is 58.6 Å². The highest BCUT2D eigenvalue weighted by Gasteiger charge is 2.50. The van der Waals surface area contributed by atoms with E-state index in [9.17, 15) is 0 Å². The number of nitrogens with zero attached hydrogens (tertiary/aromatic N) is 12. The van der Waals surface area contributed by atoms with Gasteiger partial charge in [0.25, 0.3) is 0 Å². The van der Waals surface area contributed by atoms with Crippen LogP contribution in [0.5, 0.6) is 0 Å². The summed E-state index contributed by atoms with van der Waals surface area (Å²) in [6, 6.07) is 162. The van der Waals surface area contributed by atoms with Gasteiger partial charge >= 0.3 is 0 Å². The quantitative estimate of drug-likeness (QED) is 0.111. The molecule has 3 aliphatic rings. The van der Waals surface area contributed by atoms with Gasteiger partial charge < -0.3 is 4.57 Å². The molecule has 0 fully saturated rings. The van der Waals surface area contributed by atoms with E-state index in [-0.39, 0.29) is 0 Å². The molecule has 0 saturated heterocycles. The number of rotatable bonds is 13. The first-order chi connectivity index (χ1) is 68.5. The maximum atomic E-state index is 5.15. The van der Waals surface area contributed by atoms with Gasteiger partial charge in [-0.05, 0) is 227 Å². The molecule has 10 aromatic heterocycles. The van der Waals surface area contributed by atoms with Crippen molar-refractivity contribution < 1.29 is 0 Å². The van der Waals surface area contributed by atoms with Crippen molar-refractivity contribution in [2.75, 3.05) is 0 Å². The highest BCUT2D eigenvalue weighted by molar-refractivity contribution is 6.13. The van der Waals surface area contributed by atoms with Crippen LogP contribution in [-0.2, 0) is 16.2 Å². The Hall–Kier alpha value is -18.4. The van der Waals surface area contributed by atoms with Crippen molar-refractivity contribution in [3.8, 4) is 96.0 Å². The van der Waals surface area contributed by atoms with E-state index in [1.165, 1.54) is 100 Å². The number of hydrogen-bond donors (Lipinski definition) is 0. The minimum atomic E-state index is -0.514. The molecule has 646 valence electrons. The summed E-state index contributed by atoms with van der Waals surface area (Å²) in [5.41, 5.74) is 37.5. The first-order valence-corrected chi connectivity index (χ1v) is 46.7. The number of hydrogen-bond acceptors (Lipinski definition) is 9. The van der Waals surface area contributed by atoms with E-state index in [0.717, 1.165) is 111 Å². The second-order valence-electron chi connectivity index (χ2n) is 35.4. The van der Waals surface area contributed by atoms with Crippen LogP contribution in [0.1, 0.15) is 66.8 Å². The van der Waals surface area contributed by atoms with E-state index in [2.05, 4.69) is 376 Å². The monoisotopic (exact) mass is 1760 g/mol. The standard InChI is InChI=1S/C45H29N5.C41H27N3.C40H26N4/c1-5-16-30(17-6-1)42-47-43(31-18-7-2-8-19-31)49-44(48-42)50-39-26-15-27-46-41(39)36-28-38-35(29-40(36)50)34-24-13-14-25-37(34)45(38,32-20-9-3-10-21-32)33-22-11-4-12-23-33;1-3-12-30(13-4-1)41(31-14-5-2-6-15-31)36-17-8-7-16-33(36)34-26-39-35(25-37(34)41)40-38(18-10-24-43-40)44(39)32-21-19-28(20-22-32)29-11-9-23-42-27-29;1-3-11-28(12-4-1)40(29-13-5-2-6-14-29)33-16-8-7-15-30(33)31-26-37-32(25-34(31)40)39-36(18-10-22-42-39)44(37)38-19-9-17-35(43-38)27-20-23-41-24-21-27/h1-29H;1-27H;1-26H. The molecule has 0 atom stereocenters. The Balaban J connectivity index is 0.000000107. The lowest BCUT2D eigenvalue weighted by molar-refractivity contribution is 0.769. The summed E-state index contributed by atoms with van der Waals surface area (Å²) in [5, 5.41) is 3.31. The summed E-state index contributed by atoms with van der Waals surface area (Å²) in [5.74, 6) is 2.64. The number of benzene rings is 15. The SMILES string of the molecule is c1ccc(-c2nc(-c3ccccc3)nc(-n3c4cc5c(cc4c4ncccc43)C(c3ccccc3)(c3ccccc3)c3ccccc3-5)n2)cc1.c1ccc(C2(c3ccccc3)c3ccccc3-c3cc4c(cc32)c2ncccc2n4-c2ccc(-c3cccnc3)cc2)cc1.c1ccc(C2(c3ccccc3)c3ccccc3-c3cc4c(cc32)c2ncccc2n4-c2cccc(-c3ccncc3)n2)cc1. The molecule has 0 unspecified atom stereocenters. The lowest BCUT2D eigenvalue weighted by atomic mass is 9.67. The van der Waals surface area contributed by atoms with E-state index in [1.54, 1.807) is 12.4 Å². The molecule has 25 aromatic rings. The molecule has 0 spiro atoms. The molecule has 3 aliphatic carbocycles. The van der Waals surface area contributed by atoms with Crippen LogP contribution in [0.2, 0.25) is 0 Å². The number of pyridine rings is 6.